The predicted molar refractivity (Wildman–Crippen MR) is 81.2 cm³/mol. The maximum Gasteiger partial charge on any atom is 0.421 e. The molecule has 0 bridgehead atoms. The average Bonchev–Trinajstić information content (AvgIpc) is 2.52. The number of pyridine rings is 1. The van der Waals surface area contributed by atoms with Crippen LogP contribution in [0.5, 0.6) is 0 Å². The molecule has 0 aromatic carbocycles. The Kier molecular flexibility index (Phi) is 4.68. The first-order valence-corrected chi connectivity index (χ1v) is 6.59. The van der Waals surface area contributed by atoms with E-state index in [2.05, 4.69) is 25.6 Å². The molecule has 0 unspecified atom stereocenters. The number of allylic oxidation sites excluding steroid dienone is 1. The summed E-state index contributed by atoms with van der Waals surface area (Å²) in [5, 5.41) is 5.22. The van der Waals surface area contributed by atoms with Gasteiger partial charge >= 0.3 is 6.18 Å². The van der Waals surface area contributed by atoms with Crippen LogP contribution in [-0.4, -0.2) is 22.0 Å². The number of nitrogens with two attached hydrogens (primary N) is 1. The zero-order valence-electron chi connectivity index (χ0n) is 12.4. The van der Waals surface area contributed by atoms with Gasteiger partial charge in [-0.3, -0.25) is 4.98 Å². The maximum absolute atomic E-state index is 12.8. The van der Waals surface area contributed by atoms with Crippen LogP contribution in [0.4, 0.5) is 24.9 Å². The summed E-state index contributed by atoms with van der Waals surface area (Å²) in [5.41, 5.74) is 6.22. The summed E-state index contributed by atoms with van der Waals surface area (Å²) in [4.78, 5) is 11.7. The molecule has 0 saturated carbocycles. The van der Waals surface area contributed by atoms with Crippen LogP contribution in [0.15, 0.2) is 36.3 Å². The lowest BCUT2D eigenvalue weighted by Gasteiger charge is -2.14. The Balaban J connectivity index is 2.38. The second kappa shape index (κ2) is 6.51. The van der Waals surface area contributed by atoms with Gasteiger partial charge in [0.05, 0.1) is 11.4 Å². The lowest BCUT2D eigenvalue weighted by atomic mass is 10.2. The molecule has 23 heavy (non-hydrogen) atoms. The molecule has 2 heterocycles. The fourth-order valence-electron chi connectivity index (χ4n) is 1.83. The molecule has 2 aromatic heterocycles. The molecule has 0 radical (unpaired) electrons. The van der Waals surface area contributed by atoms with Crippen molar-refractivity contribution in [2.75, 3.05) is 17.7 Å². The summed E-state index contributed by atoms with van der Waals surface area (Å²) in [5.74, 6) is -0.349. The van der Waals surface area contributed by atoms with Gasteiger partial charge in [0.15, 0.2) is 0 Å². The maximum atomic E-state index is 12.8. The second-order valence-corrected chi connectivity index (χ2v) is 4.60. The fraction of sp³-hybridized carbons (Fsp3) is 0.214. The molecule has 0 aliphatic heterocycles. The highest BCUT2D eigenvalue weighted by atomic mass is 19.4. The summed E-state index contributed by atoms with van der Waals surface area (Å²) < 4.78 is 38.5. The number of alkyl halides is 3. The van der Waals surface area contributed by atoms with Crippen LogP contribution in [0, 0.1) is 0 Å². The Bertz CT molecular complexity index is 708. The van der Waals surface area contributed by atoms with E-state index in [4.69, 9.17) is 5.73 Å². The fourth-order valence-corrected chi connectivity index (χ4v) is 1.83. The Hall–Kier alpha value is -2.84. The highest BCUT2D eigenvalue weighted by Crippen LogP contribution is 2.33. The topological polar surface area (TPSA) is 88.8 Å². The molecule has 6 nitrogen and oxygen atoms in total. The van der Waals surface area contributed by atoms with E-state index in [1.165, 1.54) is 7.05 Å². The van der Waals surface area contributed by atoms with Gasteiger partial charge in [-0.25, -0.2) is 4.98 Å². The molecule has 122 valence electrons. The molecule has 9 heteroatoms. The van der Waals surface area contributed by atoms with Crippen LogP contribution < -0.4 is 16.4 Å². The number of halogens is 3. The van der Waals surface area contributed by atoms with Crippen molar-refractivity contribution >= 4 is 17.5 Å². The minimum atomic E-state index is -4.54. The molecule has 2 rings (SSSR count). The van der Waals surface area contributed by atoms with Gasteiger partial charge < -0.3 is 16.4 Å². The summed E-state index contributed by atoms with van der Waals surface area (Å²) in [6.45, 7) is 1.64. The molecule has 0 atom stereocenters. The van der Waals surface area contributed by atoms with Gasteiger partial charge in [0.1, 0.15) is 11.4 Å². The van der Waals surface area contributed by atoms with Gasteiger partial charge in [-0.15, -0.1) is 0 Å². The molecule has 0 amide bonds. The minimum absolute atomic E-state index is 0.0206. The van der Waals surface area contributed by atoms with Gasteiger partial charge in [-0.1, -0.05) is 6.07 Å². The van der Waals surface area contributed by atoms with Crippen molar-refractivity contribution in [3.8, 4) is 0 Å². The number of hydrogen-bond acceptors (Lipinski definition) is 6. The summed E-state index contributed by atoms with van der Waals surface area (Å²) in [6, 6.07) is 5.21. The number of rotatable bonds is 4. The molecule has 0 saturated heterocycles. The first-order chi connectivity index (χ1) is 10.8. The van der Waals surface area contributed by atoms with Gasteiger partial charge in [-0.2, -0.15) is 18.2 Å². The third kappa shape index (κ3) is 3.87. The van der Waals surface area contributed by atoms with E-state index in [-0.39, 0.29) is 11.8 Å². The molecule has 2 aromatic rings. The third-order valence-electron chi connectivity index (χ3n) is 2.88. The monoisotopic (exact) mass is 324 g/mol. The lowest BCUT2D eigenvalue weighted by Crippen LogP contribution is -2.14. The first kappa shape index (κ1) is 16.5. The van der Waals surface area contributed by atoms with Crippen LogP contribution in [0.25, 0.3) is 5.70 Å². The number of aromatic nitrogens is 3. The summed E-state index contributed by atoms with van der Waals surface area (Å²) >= 11 is 0. The van der Waals surface area contributed by atoms with Crippen LogP contribution in [0.3, 0.4) is 0 Å². The molecule has 0 aliphatic carbocycles. The third-order valence-corrected chi connectivity index (χ3v) is 2.88. The zero-order valence-corrected chi connectivity index (χ0v) is 12.4. The van der Waals surface area contributed by atoms with E-state index in [9.17, 15) is 13.2 Å². The van der Waals surface area contributed by atoms with E-state index in [0.717, 1.165) is 0 Å². The van der Waals surface area contributed by atoms with Crippen LogP contribution in [0.1, 0.15) is 18.2 Å². The van der Waals surface area contributed by atoms with Gasteiger partial charge in [0.25, 0.3) is 0 Å². The predicted octanol–water partition coefficient (Wildman–Crippen LogP) is 2.69. The van der Waals surface area contributed by atoms with Crippen molar-refractivity contribution in [2.45, 2.75) is 13.1 Å². The standard InChI is InChI=1S/C14H15F3N6/c1-8(18)11(10-5-3-4-6-20-10)22-13-21-7-9(14(15,16)17)12(19-2)23-13/h3-7H,18H2,1-2H3,(H2,19,21,22,23). The van der Waals surface area contributed by atoms with Gasteiger partial charge in [-0.05, 0) is 19.1 Å². The van der Waals surface area contributed by atoms with E-state index in [0.29, 0.717) is 23.3 Å². The van der Waals surface area contributed by atoms with Gasteiger partial charge in [0.2, 0.25) is 5.95 Å². The van der Waals surface area contributed by atoms with E-state index >= 15 is 0 Å². The van der Waals surface area contributed by atoms with Crippen LogP contribution in [-0.2, 0) is 6.18 Å². The van der Waals surface area contributed by atoms with Crippen molar-refractivity contribution < 1.29 is 13.2 Å². The molecule has 0 fully saturated rings. The Morgan fingerprint density at radius 1 is 1.22 bits per heavy atom. The molecule has 4 N–H and O–H groups in total. The highest BCUT2D eigenvalue weighted by molar-refractivity contribution is 5.74. The van der Waals surface area contributed by atoms with Crippen molar-refractivity contribution in [3.05, 3.63) is 47.5 Å². The molecular weight excluding hydrogens is 309 g/mol. The molecule has 0 spiro atoms. The second-order valence-electron chi connectivity index (χ2n) is 4.60. The zero-order chi connectivity index (χ0) is 17.0. The van der Waals surface area contributed by atoms with E-state index < -0.39 is 11.7 Å². The van der Waals surface area contributed by atoms with Crippen LogP contribution >= 0.6 is 0 Å². The van der Waals surface area contributed by atoms with E-state index in [1.807, 2.05) is 0 Å². The smallest absolute Gasteiger partial charge is 0.401 e. The first-order valence-electron chi connectivity index (χ1n) is 6.59. The Morgan fingerprint density at radius 2 is 1.96 bits per heavy atom. The number of nitrogens with one attached hydrogen (secondary N) is 2. The van der Waals surface area contributed by atoms with Crippen molar-refractivity contribution in [1.82, 2.24) is 15.0 Å². The van der Waals surface area contributed by atoms with E-state index in [1.54, 1.807) is 31.3 Å². The summed E-state index contributed by atoms with van der Waals surface area (Å²) in [6.07, 6.45) is -2.25. The number of hydrogen-bond donors (Lipinski definition) is 3. The van der Waals surface area contributed by atoms with Crippen molar-refractivity contribution in [1.29, 1.82) is 0 Å². The minimum Gasteiger partial charge on any atom is -0.401 e. The summed E-state index contributed by atoms with van der Waals surface area (Å²) in [7, 11) is 1.35. The SMILES string of the molecule is CNc1nc(NC(=C(C)N)c2ccccn2)ncc1C(F)(F)F. The van der Waals surface area contributed by atoms with Crippen molar-refractivity contribution in [2.24, 2.45) is 5.73 Å². The van der Waals surface area contributed by atoms with Gasteiger partial charge in [0, 0.05) is 25.1 Å². The quantitative estimate of drug-likeness (QED) is 0.801. The number of anilines is 2. The Morgan fingerprint density at radius 3 is 2.48 bits per heavy atom. The Labute approximate surface area is 130 Å². The molecular formula is C14H15F3N6. The van der Waals surface area contributed by atoms with Crippen LogP contribution in [0.2, 0.25) is 0 Å². The highest BCUT2D eigenvalue weighted by Gasteiger charge is 2.35. The normalized spacial score (nSPS) is 12.6. The molecule has 0 aliphatic rings. The average molecular weight is 324 g/mol. The lowest BCUT2D eigenvalue weighted by molar-refractivity contribution is -0.137. The van der Waals surface area contributed by atoms with Crippen molar-refractivity contribution in [3.63, 3.8) is 0 Å². The number of nitrogens with zero attached hydrogens (tertiary/aromatic N) is 3. The largest absolute Gasteiger partial charge is 0.421 e.